The van der Waals surface area contributed by atoms with Crippen LogP contribution in [0.1, 0.15) is 5.56 Å². The summed E-state index contributed by atoms with van der Waals surface area (Å²) in [4.78, 5) is 11.3. The van der Waals surface area contributed by atoms with Gasteiger partial charge in [0.1, 0.15) is 5.75 Å². The Morgan fingerprint density at radius 1 is 1.28 bits per heavy atom. The summed E-state index contributed by atoms with van der Waals surface area (Å²) in [5.41, 5.74) is 5.81. The average Bonchev–Trinajstić information content (AvgIpc) is 2.27. The lowest BCUT2D eigenvalue weighted by Gasteiger charge is -2.09. The number of carbonyl (C=O) groups excluding carboxylic acids is 1. The van der Waals surface area contributed by atoms with Crippen LogP contribution in [0.2, 0.25) is 0 Å². The molecule has 0 saturated carbocycles. The van der Waals surface area contributed by atoms with Crippen LogP contribution in [0.25, 0.3) is 0 Å². The van der Waals surface area contributed by atoms with E-state index in [0.29, 0.717) is 18.7 Å². The average molecular weight is 262 g/mol. The molecule has 100 valence electrons. The van der Waals surface area contributed by atoms with Crippen molar-refractivity contribution in [3.63, 3.8) is 0 Å². The Morgan fingerprint density at radius 3 is 2.39 bits per heavy atom. The van der Waals surface area contributed by atoms with Gasteiger partial charge in [0.05, 0.1) is 6.42 Å². The summed E-state index contributed by atoms with van der Waals surface area (Å²) in [6, 6.07) is 5.14. The second-order valence-corrected chi connectivity index (χ2v) is 3.51. The highest BCUT2D eigenvalue weighted by Gasteiger charge is 2.30. The standard InChI is InChI=1S/C11H13F3N2O2/c12-11(13,14)18-9-3-1-8(2-4-9)7-10(17)16-6-5-15/h1-4H,5-7,15H2,(H,16,17). The van der Waals surface area contributed by atoms with Gasteiger partial charge in [-0.1, -0.05) is 12.1 Å². The van der Waals surface area contributed by atoms with E-state index in [1.54, 1.807) is 0 Å². The summed E-state index contributed by atoms with van der Waals surface area (Å²) in [5.74, 6) is -0.543. The normalized spacial score (nSPS) is 11.1. The fraction of sp³-hybridized carbons (Fsp3) is 0.364. The van der Waals surface area contributed by atoms with Crippen LogP contribution in [-0.4, -0.2) is 25.4 Å². The molecule has 0 aliphatic heterocycles. The highest BCUT2D eigenvalue weighted by Crippen LogP contribution is 2.22. The van der Waals surface area contributed by atoms with Crippen LogP contribution in [0.5, 0.6) is 5.75 Å². The molecule has 1 amide bonds. The number of amides is 1. The molecule has 0 saturated heterocycles. The summed E-state index contributed by atoms with van der Waals surface area (Å²) in [7, 11) is 0. The van der Waals surface area contributed by atoms with Gasteiger partial charge in [-0.05, 0) is 17.7 Å². The van der Waals surface area contributed by atoms with Gasteiger partial charge in [0.25, 0.3) is 0 Å². The zero-order valence-corrected chi connectivity index (χ0v) is 9.46. The van der Waals surface area contributed by atoms with Gasteiger partial charge < -0.3 is 15.8 Å². The van der Waals surface area contributed by atoms with E-state index in [2.05, 4.69) is 10.1 Å². The van der Waals surface area contributed by atoms with Crippen LogP contribution >= 0.6 is 0 Å². The summed E-state index contributed by atoms with van der Waals surface area (Å²) in [6.07, 6.45) is -4.62. The second kappa shape index (κ2) is 6.25. The zero-order chi connectivity index (χ0) is 13.6. The van der Waals surface area contributed by atoms with Crippen molar-refractivity contribution >= 4 is 5.91 Å². The first-order valence-electron chi connectivity index (χ1n) is 5.22. The van der Waals surface area contributed by atoms with Crippen LogP contribution in [0.4, 0.5) is 13.2 Å². The molecule has 0 fully saturated rings. The lowest BCUT2D eigenvalue weighted by Crippen LogP contribution is -2.30. The number of benzene rings is 1. The number of hydrogen-bond donors (Lipinski definition) is 2. The Hall–Kier alpha value is -1.76. The van der Waals surface area contributed by atoms with Gasteiger partial charge in [0, 0.05) is 13.1 Å². The van der Waals surface area contributed by atoms with Gasteiger partial charge in [-0.15, -0.1) is 13.2 Å². The first-order chi connectivity index (χ1) is 8.40. The molecule has 0 unspecified atom stereocenters. The van der Waals surface area contributed by atoms with Crippen LogP contribution < -0.4 is 15.8 Å². The van der Waals surface area contributed by atoms with Crippen molar-refractivity contribution in [2.45, 2.75) is 12.8 Å². The maximum Gasteiger partial charge on any atom is 0.573 e. The Balaban J connectivity index is 2.52. The molecule has 0 heterocycles. The number of hydrogen-bond acceptors (Lipinski definition) is 3. The van der Waals surface area contributed by atoms with E-state index in [1.807, 2.05) is 0 Å². The molecule has 4 nitrogen and oxygen atoms in total. The maximum atomic E-state index is 11.9. The van der Waals surface area contributed by atoms with E-state index >= 15 is 0 Å². The predicted molar refractivity (Wildman–Crippen MR) is 58.9 cm³/mol. The molecule has 3 N–H and O–H groups in total. The van der Waals surface area contributed by atoms with E-state index < -0.39 is 6.36 Å². The van der Waals surface area contributed by atoms with Crippen LogP contribution in [0.15, 0.2) is 24.3 Å². The number of carbonyl (C=O) groups is 1. The topological polar surface area (TPSA) is 64.3 Å². The SMILES string of the molecule is NCCNC(=O)Cc1ccc(OC(F)(F)F)cc1. The van der Waals surface area contributed by atoms with Crippen LogP contribution in [0.3, 0.4) is 0 Å². The second-order valence-electron chi connectivity index (χ2n) is 3.51. The molecule has 0 radical (unpaired) electrons. The molecule has 0 aliphatic rings. The van der Waals surface area contributed by atoms with Crippen LogP contribution in [-0.2, 0) is 11.2 Å². The van der Waals surface area contributed by atoms with E-state index in [4.69, 9.17) is 5.73 Å². The van der Waals surface area contributed by atoms with E-state index in [1.165, 1.54) is 24.3 Å². The molecule has 0 aliphatic carbocycles. The smallest absolute Gasteiger partial charge is 0.406 e. The van der Waals surface area contributed by atoms with Gasteiger partial charge in [0.15, 0.2) is 0 Å². The molecule has 1 aromatic rings. The third kappa shape index (κ3) is 5.53. The maximum absolute atomic E-state index is 11.9. The minimum Gasteiger partial charge on any atom is -0.406 e. The monoisotopic (exact) mass is 262 g/mol. The van der Waals surface area contributed by atoms with Gasteiger partial charge in [-0.25, -0.2) is 0 Å². The molecule has 1 aromatic carbocycles. The summed E-state index contributed by atoms with van der Waals surface area (Å²) < 4.78 is 39.4. The molecular formula is C11H13F3N2O2. The summed E-state index contributed by atoms with van der Waals surface area (Å²) in [5, 5.41) is 2.56. The van der Waals surface area contributed by atoms with Gasteiger partial charge >= 0.3 is 6.36 Å². The van der Waals surface area contributed by atoms with Gasteiger partial charge in [-0.3, -0.25) is 4.79 Å². The fourth-order valence-electron chi connectivity index (χ4n) is 1.27. The highest BCUT2D eigenvalue weighted by molar-refractivity contribution is 5.78. The van der Waals surface area contributed by atoms with E-state index in [0.717, 1.165) is 0 Å². The van der Waals surface area contributed by atoms with Crippen molar-refractivity contribution in [3.05, 3.63) is 29.8 Å². The predicted octanol–water partition coefficient (Wildman–Crippen LogP) is 1.20. The van der Waals surface area contributed by atoms with Crippen molar-refractivity contribution in [1.82, 2.24) is 5.32 Å². The van der Waals surface area contributed by atoms with Crippen molar-refractivity contribution in [2.75, 3.05) is 13.1 Å². The fourth-order valence-corrected chi connectivity index (χ4v) is 1.27. The Morgan fingerprint density at radius 2 is 1.89 bits per heavy atom. The van der Waals surface area contributed by atoms with Crippen molar-refractivity contribution in [3.8, 4) is 5.75 Å². The molecule has 0 spiro atoms. The Kier molecular flexibility index (Phi) is 4.96. The van der Waals surface area contributed by atoms with Gasteiger partial charge in [0.2, 0.25) is 5.91 Å². The molecule has 18 heavy (non-hydrogen) atoms. The minimum absolute atomic E-state index is 0.0896. The molecule has 7 heteroatoms. The van der Waals surface area contributed by atoms with E-state index in [9.17, 15) is 18.0 Å². The van der Waals surface area contributed by atoms with Crippen molar-refractivity contribution in [1.29, 1.82) is 0 Å². The lowest BCUT2D eigenvalue weighted by molar-refractivity contribution is -0.274. The minimum atomic E-state index is -4.71. The van der Waals surface area contributed by atoms with Crippen molar-refractivity contribution < 1.29 is 22.7 Å². The number of ether oxygens (including phenoxy) is 1. The first-order valence-corrected chi connectivity index (χ1v) is 5.22. The highest BCUT2D eigenvalue weighted by atomic mass is 19.4. The number of halogens is 3. The van der Waals surface area contributed by atoms with E-state index in [-0.39, 0.29) is 18.1 Å². The third-order valence-electron chi connectivity index (χ3n) is 1.99. The largest absolute Gasteiger partial charge is 0.573 e. The Labute approximate surface area is 102 Å². The summed E-state index contributed by atoms with van der Waals surface area (Å²) >= 11 is 0. The quantitative estimate of drug-likeness (QED) is 0.838. The van der Waals surface area contributed by atoms with Crippen molar-refractivity contribution in [2.24, 2.45) is 5.73 Å². The number of alkyl halides is 3. The zero-order valence-electron chi connectivity index (χ0n) is 9.46. The van der Waals surface area contributed by atoms with Crippen LogP contribution in [0, 0.1) is 0 Å². The Bertz CT molecular complexity index is 390. The molecule has 0 aromatic heterocycles. The first kappa shape index (κ1) is 14.3. The number of nitrogens with one attached hydrogen (secondary N) is 1. The lowest BCUT2D eigenvalue weighted by atomic mass is 10.1. The third-order valence-corrected chi connectivity index (χ3v) is 1.99. The number of rotatable bonds is 5. The molecule has 0 bridgehead atoms. The summed E-state index contributed by atoms with van der Waals surface area (Å²) in [6.45, 7) is 0.707. The molecule has 1 rings (SSSR count). The van der Waals surface area contributed by atoms with Gasteiger partial charge in [-0.2, -0.15) is 0 Å². The molecule has 0 atom stereocenters. The number of nitrogens with two attached hydrogens (primary N) is 1. The molecular weight excluding hydrogens is 249 g/mol.